The molecule has 3 aliphatic heterocycles. The predicted molar refractivity (Wildman–Crippen MR) is 136 cm³/mol. The molecule has 0 amide bonds. The van der Waals surface area contributed by atoms with Crippen LogP contribution in [0.25, 0.3) is 0 Å². The smallest absolute Gasteiger partial charge is 0.336 e. The highest BCUT2D eigenvalue weighted by atomic mass is 32.2. The number of unbranched alkanes of at least 4 members (excludes halogenated alkanes) is 1. The zero-order chi connectivity index (χ0) is 25.3. The summed E-state index contributed by atoms with van der Waals surface area (Å²) in [6, 6.07) is 5.59. The SMILES string of the molecule is CCCCOC(=O)C1=CN[C@]2(C(=O)OCC)[C@H]1C(=C1SCCS1)C(=O)C[C@@H]2c1ccc2c(c1)OOC2. The van der Waals surface area contributed by atoms with Gasteiger partial charge in [-0.05, 0) is 25.0 Å². The van der Waals surface area contributed by atoms with Crippen LogP contribution in [0.15, 0.2) is 39.8 Å². The van der Waals surface area contributed by atoms with E-state index in [0.717, 1.165) is 39.7 Å². The van der Waals surface area contributed by atoms with Crippen molar-refractivity contribution in [2.24, 2.45) is 5.92 Å². The molecule has 36 heavy (non-hydrogen) atoms. The summed E-state index contributed by atoms with van der Waals surface area (Å²) in [4.78, 5) is 51.3. The maximum Gasteiger partial charge on any atom is 0.336 e. The van der Waals surface area contributed by atoms with Gasteiger partial charge >= 0.3 is 11.9 Å². The Morgan fingerprint density at radius 3 is 2.75 bits per heavy atom. The molecule has 0 bridgehead atoms. The van der Waals surface area contributed by atoms with Crippen molar-refractivity contribution >= 4 is 41.2 Å². The molecule has 1 N–H and O–H groups in total. The van der Waals surface area contributed by atoms with Crippen LogP contribution in [0.4, 0.5) is 0 Å². The maximum absolute atomic E-state index is 13.8. The van der Waals surface area contributed by atoms with Crippen LogP contribution in [0, 0.1) is 5.92 Å². The molecule has 0 spiro atoms. The van der Waals surface area contributed by atoms with Gasteiger partial charge in [-0.2, -0.15) is 4.89 Å². The van der Waals surface area contributed by atoms with Crippen molar-refractivity contribution in [3.05, 3.63) is 50.9 Å². The van der Waals surface area contributed by atoms with E-state index < -0.39 is 29.3 Å². The van der Waals surface area contributed by atoms with E-state index in [1.165, 1.54) is 0 Å². The summed E-state index contributed by atoms with van der Waals surface area (Å²) >= 11 is 3.20. The molecule has 4 aliphatic rings. The van der Waals surface area contributed by atoms with Crippen molar-refractivity contribution in [1.82, 2.24) is 5.32 Å². The number of hydrogen-bond donors (Lipinski definition) is 1. The van der Waals surface area contributed by atoms with Gasteiger partial charge in [0.05, 0.1) is 24.7 Å². The molecule has 1 saturated heterocycles. The van der Waals surface area contributed by atoms with Crippen LogP contribution in [-0.2, 0) is 35.4 Å². The monoisotopic (exact) mass is 531 g/mol. The van der Waals surface area contributed by atoms with Gasteiger partial charge in [-0.1, -0.05) is 25.5 Å². The van der Waals surface area contributed by atoms with Crippen LogP contribution in [0.1, 0.15) is 50.2 Å². The average molecular weight is 532 g/mol. The number of Topliss-reactive ketones (excluding diaryl/α,β-unsaturated/α-hetero) is 1. The Labute approximate surface area is 218 Å². The molecule has 1 aromatic rings. The number of nitrogens with one attached hydrogen (secondary N) is 1. The fraction of sp³-hybridized carbons (Fsp3) is 0.500. The highest BCUT2D eigenvalue weighted by molar-refractivity contribution is 8.25. The molecule has 5 rings (SSSR count). The van der Waals surface area contributed by atoms with Crippen LogP contribution < -0.4 is 10.2 Å². The minimum Gasteiger partial charge on any atom is -0.464 e. The number of esters is 2. The van der Waals surface area contributed by atoms with Crippen molar-refractivity contribution < 1.29 is 33.6 Å². The molecule has 2 fully saturated rings. The zero-order valence-electron chi connectivity index (χ0n) is 20.3. The first-order valence-corrected chi connectivity index (χ1v) is 14.3. The molecular formula is C26H29NO7S2. The highest BCUT2D eigenvalue weighted by Crippen LogP contribution is 2.56. The van der Waals surface area contributed by atoms with Crippen LogP contribution in [0.5, 0.6) is 5.75 Å². The average Bonchev–Trinajstić information content (AvgIpc) is 3.63. The first-order chi connectivity index (χ1) is 17.5. The minimum atomic E-state index is -1.37. The van der Waals surface area contributed by atoms with E-state index in [4.69, 9.17) is 19.2 Å². The largest absolute Gasteiger partial charge is 0.464 e. The number of rotatable bonds is 7. The normalized spacial score (nSPS) is 26.6. The first-order valence-electron chi connectivity index (χ1n) is 12.3. The third-order valence-electron chi connectivity index (χ3n) is 6.97. The summed E-state index contributed by atoms with van der Waals surface area (Å²) in [5, 5.41) is 3.25. The van der Waals surface area contributed by atoms with Gasteiger partial charge in [0.25, 0.3) is 0 Å². The standard InChI is InChI=1S/C26H29NO7S2/c1-3-5-8-32-23(29)17-13-27-26(25(30)31-4-2)18(15-6-7-16-14-33-34-20(16)11-15)12-19(28)21(22(17)26)24-35-9-10-36-24/h6-7,11,13,18,22,27H,3-5,8-10,12,14H2,1-2H3/t18-,22-,26+/m1/s1. The summed E-state index contributed by atoms with van der Waals surface area (Å²) in [5.74, 6) is -0.204. The van der Waals surface area contributed by atoms with Crippen molar-refractivity contribution in [3.8, 4) is 5.75 Å². The van der Waals surface area contributed by atoms with Gasteiger partial charge in [-0.15, -0.1) is 23.5 Å². The molecule has 1 saturated carbocycles. The summed E-state index contributed by atoms with van der Waals surface area (Å²) < 4.78 is 12.1. The Kier molecular flexibility index (Phi) is 7.37. The molecule has 192 valence electrons. The Morgan fingerprint density at radius 2 is 2.00 bits per heavy atom. The molecule has 3 atom stereocenters. The predicted octanol–water partition coefficient (Wildman–Crippen LogP) is 4.01. The second-order valence-corrected chi connectivity index (χ2v) is 11.5. The second kappa shape index (κ2) is 10.5. The fourth-order valence-corrected chi connectivity index (χ4v) is 7.91. The molecule has 1 aliphatic carbocycles. The molecule has 0 radical (unpaired) electrons. The molecule has 3 heterocycles. The Morgan fingerprint density at radius 1 is 1.19 bits per heavy atom. The lowest BCUT2D eigenvalue weighted by atomic mass is 9.60. The first kappa shape index (κ1) is 25.2. The number of carbonyl (C=O) groups is 3. The quantitative estimate of drug-likeness (QED) is 0.240. The van der Waals surface area contributed by atoms with Gasteiger partial charge in [0, 0.05) is 45.4 Å². The molecule has 0 aromatic heterocycles. The summed E-state index contributed by atoms with van der Waals surface area (Å²) in [6.45, 7) is 4.55. The lowest BCUT2D eigenvalue weighted by Crippen LogP contribution is -2.61. The van der Waals surface area contributed by atoms with Crippen molar-refractivity contribution in [3.63, 3.8) is 0 Å². The Hall–Kier alpha value is -2.43. The number of ketones is 1. The van der Waals surface area contributed by atoms with Crippen LogP contribution >= 0.6 is 23.5 Å². The molecule has 0 unspecified atom stereocenters. The van der Waals surface area contributed by atoms with E-state index in [2.05, 4.69) is 5.32 Å². The van der Waals surface area contributed by atoms with Gasteiger partial charge in [0.1, 0.15) is 6.61 Å². The highest BCUT2D eigenvalue weighted by Gasteiger charge is 2.64. The number of fused-ring (bicyclic) bond motifs is 2. The second-order valence-electron chi connectivity index (χ2n) is 9.05. The fourth-order valence-electron chi connectivity index (χ4n) is 5.27. The van der Waals surface area contributed by atoms with E-state index in [0.29, 0.717) is 17.9 Å². The third kappa shape index (κ3) is 4.22. The van der Waals surface area contributed by atoms with Gasteiger partial charge < -0.3 is 19.7 Å². The summed E-state index contributed by atoms with van der Waals surface area (Å²) in [7, 11) is 0. The van der Waals surface area contributed by atoms with Gasteiger partial charge in [0.15, 0.2) is 17.1 Å². The number of carbonyl (C=O) groups excluding carboxylic acids is 3. The zero-order valence-corrected chi connectivity index (χ0v) is 21.9. The van der Waals surface area contributed by atoms with Crippen molar-refractivity contribution in [2.45, 2.75) is 51.2 Å². The van der Waals surface area contributed by atoms with Crippen LogP contribution in [0.2, 0.25) is 0 Å². The van der Waals surface area contributed by atoms with Crippen molar-refractivity contribution in [1.29, 1.82) is 0 Å². The van der Waals surface area contributed by atoms with Crippen LogP contribution in [0.3, 0.4) is 0 Å². The van der Waals surface area contributed by atoms with E-state index in [9.17, 15) is 14.4 Å². The Bertz CT molecular complexity index is 1140. The minimum absolute atomic E-state index is 0.0737. The maximum atomic E-state index is 13.8. The number of ether oxygens (including phenoxy) is 2. The topological polar surface area (TPSA) is 100 Å². The molecule has 10 heteroatoms. The summed E-state index contributed by atoms with van der Waals surface area (Å²) in [5.41, 5.74) is 1.05. The van der Waals surface area contributed by atoms with E-state index in [-0.39, 0.29) is 31.0 Å². The Balaban J connectivity index is 1.64. The molecule has 1 aromatic carbocycles. The number of benzene rings is 1. The third-order valence-corrected chi connectivity index (χ3v) is 9.71. The van der Waals surface area contributed by atoms with Crippen molar-refractivity contribution in [2.75, 3.05) is 24.7 Å². The van der Waals surface area contributed by atoms with E-state index in [1.807, 2.05) is 25.1 Å². The molecular weight excluding hydrogens is 502 g/mol. The lowest BCUT2D eigenvalue weighted by molar-refractivity contribution is -0.194. The van der Waals surface area contributed by atoms with E-state index >= 15 is 0 Å². The lowest BCUT2D eigenvalue weighted by Gasteiger charge is -2.45. The van der Waals surface area contributed by atoms with Gasteiger partial charge in [0.2, 0.25) is 0 Å². The van der Waals surface area contributed by atoms with Gasteiger partial charge in [-0.25, -0.2) is 9.59 Å². The van der Waals surface area contributed by atoms with Gasteiger partial charge in [-0.3, -0.25) is 4.79 Å². The summed E-state index contributed by atoms with van der Waals surface area (Å²) in [6.07, 6.45) is 3.26. The molecule has 8 nitrogen and oxygen atoms in total. The number of hydrogen-bond acceptors (Lipinski definition) is 10. The van der Waals surface area contributed by atoms with E-state index in [1.54, 1.807) is 36.6 Å². The van der Waals surface area contributed by atoms with Crippen LogP contribution in [-0.4, -0.2) is 48.0 Å². The number of thioether (sulfide) groups is 2.